The molecule has 0 aromatic heterocycles. The van der Waals surface area contributed by atoms with Gasteiger partial charge in [-0.15, -0.1) is 0 Å². The first-order valence-corrected chi connectivity index (χ1v) is 13.2. The van der Waals surface area contributed by atoms with Crippen molar-refractivity contribution < 1.29 is 23.0 Å². The number of fused-ring (bicyclic) bond motifs is 1. The SMILES string of the molecule is O=S(=O)(CC1CCCCC1)NCCN1CCN(c2cccc3c2OC[C@H](CO)O3)CC1. The quantitative estimate of drug-likeness (QED) is 0.615. The number of hydrogen-bond acceptors (Lipinski definition) is 7. The zero-order chi connectivity index (χ0) is 21.7. The highest BCUT2D eigenvalue weighted by molar-refractivity contribution is 7.89. The maximum Gasteiger partial charge on any atom is 0.211 e. The molecule has 2 heterocycles. The predicted molar refractivity (Wildman–Crippen MR) is 120 cm³/mol. The van der Waals surface area contributed by atoms with Crippen LogP contribution in [0.4, 0.5) is 5.69 Å². The van der Waals surface area contributed by atoms with Gasteiger partial charge in [-0.25, -0.2) is 13.1 Å². The van der Waals surface area contributed by atoms with E-state index in [1.54, 1.807) is 0 Å². The number of nitrogens with one attached hydrogen (secondary N) is 1. The van der Waals surface area contributed by atoms with Crippen LogP contribution in [0.15, 0.2) is 18.2 Å². The Morgan fingerprint density at radius 1 is 1.10 bits per heavy atom. The van der Waals surface area contributed by atoms with Gasteiger partial charge in [0.1, 0.15) is 6.61 Å². The van der Waals surface area contributed by atoms with Gasteiger partial charge in [0.15, 0.2) is 17.6 Å². The van der Waals surface area contributed by atoms with Crippen LogP contribution in [0.2, 0.25) is 0 Å². The zero-order valence-corrected chi connectivity index (χ0v) is 19.0. The molecule has 0 spiro atoms. The number of para-hydroxylation sites is 1. The maximum absolute atomic E-state index is 12.4. The molecule has 1 saturated heterocycles. The van der Waals surface area contributed by atoms with Gasteiger partial charge in [-0.1, -0.05) is 25.3 Å². The number of aliphatic hydroxyl groups is 1. The van der Waals surface area contributed by atoms with Crippen molar-refractivity contribution in [2.75, 3.05) is 63.1 Å². The van der Waals surface area contributed by atoms with Gasteiger partial charge in [-0.2, -0.15) is 0 Å². The van der Waals surface area contributed by atoms with Gasteiger partial charge in [-0.05, 0) is 30.9 Å². The van der Waals surface area contributed by atoms with Crippen molar-refractivity contribution in [1.82, 2.24) is 9.62 Å². The normalized spacial score (nSPS) is 23.1. The molecular weight excluding hydrogens is 418 g/mol. The molecule has 1 aliphatic carbocycles. The number of piperazine rings is 1. The highest BCUT2D eigenvalue weighted by atomic mass is 32.2. The summed E-state index contributed by atoms with van der Waals surface area (Å²) in [5.41, 5.74) is 1.02. The van der Waals surface area contributed by atoms with E-state index in [1.807, 2.05) is 18.2 Å². The number of sulfonamides is 1. The molecule has 4 rings (SSSR count). The van der Waals surface area contributed by atoms with Gasteiger partial charge in [0, 0.05) is 39.3 Å². The molecule has 0 unspecified atom stereocenters. The Hall–Kier alpha value is -1.55. The van der Waals surface area contributed by atoms with E-state index in [0.29, 0.717) is 24.8 Å². The lowest BCUT2D eigenvalue weighted by Gasteiger charge is -2.38. The minimum Gasteiger partial charge on any atom is -0.484 e. The summed E-state index contributed by atoms with van der Waals surface area (Å²) in [5.74, 6) is 2.03. The number of rotatable bonds is 8. The van der Waals surface area contributed by atoms with Crippen molar-refractivity contribution in [3.63, 3.8) is 0 Å². The van der Waals surface area contributed by atoms with Gasteiger partial charge in [-0.3, -0.25) is 4.90 Å². The molecule has 0 bridgehead atoms. The van der Waals surface area contributed by atoms with Crippen molar-refractivity contribution in [2.24, 2.45) is 5.92 Å². The van der Waals surface area contributed by atoms with Gasteiger partial charge >= 0.3 is 0 Å². The Morgan fingerprint density at radius 3 is 2.61 bits per heavy atom. The Labute approximate surface area is 185 Å². The first-order valence-electron chi connectivity index (χ1n) is 11.5. The van der Waals surface area contributed by atoms with E-state index in [-0.39, 0.29) is 18.5 Å². The van der Waals surface area contributed by atoms with E-state index in [9.17, 15) is 13.5 Å². The van der Waals surface area contributed by atoms with Crippen LogP contribution >= 0.6 is 0 Å². The molecule has 8 nitrogen and oxygen atoms in total. The lowest BCUT2D eigenvalue weighted by atomic mass is 9.91. The van der Waals surface area contributed by atoms with Crippen molar-refractivity contribution in [1.29, 1.82) is 0 Å². The van der Waals surface area contributed by atoms with Gasteiger partial charge in [0.05, 0.1) is 18.0 Å². The van der Waals surface area contributed by atoms with Crippen molar-refractivity contribution in [3.8, 4) is 11.5 Å². The van der Waals surface area contributed by atoms with Gasteiger partial charge in [0.2, 0.25) is 10.0 Å². The van der Waals surface area contributed by atoms with E-state index < -0.39 is 10.0 Å². The molecule has 1 saturated carbocycles. The third kappa shape index (κ3) is 6.03. The van der Waals surface area contributed by atoms with Crippen LogP contribution in [-0.2, 0) is 10.0 Å². The molecule has 3 aliphatic rings. The molecule has 9 heteroatoms. The van der Waals surface area contributed by atoms with Crippen molar-refractivity contribution in [2.45, 2.75) is 38.2 Å². The van der Waals surface area contributed by atoms with E-state index in [4.69, 9.17) is 9.47 Å². The summed E-state index contributed by atoms with van der Waals surface area (Å²) >= 11 is 0. The second kappa shape index (κ2) is 10.4. The number of benzene rings is 1. The first-order chi connectivity index (χ1) is 15.0. The number of anilines is 1. The second-order valence-electron chi connectivity index (χ2n) is 8.85. The van der Waals surface area contributed by atoms with E-state index >= 15 is 0 Å². The molecule has 2 fully saturated rings. The molecular formula is C22H35N3O5S. The number of hydrogen-bond donors (Lipinski definition) is 2. The summed E-state index contributed by atoms with van der Waals surface area (Å²) < 4.78 is 39.2. The lowest BCUT2D eigenvalue weighted by molar-refractivity contribution is 0.0459. The summed E-state index contributed by atoms with van der Waals surface area (Å²) in [6.45, 7) is 4.91. The largest absolute Gasteiger partial charge is 0.484 e. The Bertz CT molecular complexity index is 820. The van der Waals surface area contributed by atoms with E-state index in [1.165, 1.54) is 6.42 Å². The summed E-state index contributed by atoms with van der Waals surface area (Å²) in [6.07, 6.45) is 5.33. The molecule has 2 aliphatic heterocycles. The van der Waals surface area contributed by atoms with Crippen LogP contribution in [0.1, 0.15) is 32.1 Å². The van der Waals surface area contributed by atoms with Crippen LogP contribution in [0.5, 0.6) is 11.5 Å². The molecule has 31 heavy (non-hydrogen) atoms. The summed E-state index contributed by atoms with van der Waals surface area (Å²) in [5, 5.41) is 9.30. The molecule has 0 radical (unpaired) electrons. The fourth-order valence-electron chi connectivity index (χ4n) is 4.77. The van der Waals surface area contributed by atoms with E-state index in [2.05, 4.69) is 14.5 Å². The minimum absolute atomic E-state index is 0.0627. The number of ether oxygens (including phenoxy) is 2. The molecule has 174 valence electrons. The summed E-state index contributed by atoms with van der Waals surface area (Å²) in [7, 11) is -3.19. The van der Waals surface area contributed by atoms with Gasteiger partial charge in [0.25, 0.3) is 0 Å². The molecule has 2 N–H and O–H groups in total. The van der Waals surface area contributed by atoms with Crippen LogP contribution in [0, 0.1) is 5.92 Å². The highest BCUT2D eigenvalue weighted by Crippen LogP contribution is 2.40. The third-order valence-corrected chi connectivity index (χ3v) is 8.07. The predicted octanol–water partition coefficient (Wildman–Crippen LogP) is 1.44. The fraction of sp³-hybridized carbons (Fsp3) is 0.727. The minimum atomic E-state index is -3.19. The monoisotopic (exact) mass is 453 g/mol. The van der Waals surface area contributed by atoms with Crippen LogP contribution in [0.25, 0.3) is 0 Å². The molecule has 0 amide bonds. The second-order valence-corrected chi connectivity index (χ2v) is 10.7. The van der Waals surface area contributed by atoms with Crippen LogP contribution in [0.3, 0.4) is 0 Å². The average Bonchev–Trinajstić information content (AvgIpc) is 2.79. The van der Waals surface area contributed by atoms with Gasteiger partial charge < -0.3 is 19.5 Å². The smallest absolute Gasteiger partial charge is 0.211 e. The molecule has 1 aromatic rings. The average molecular weight is 454 g/mol. The third-order valence-electron chi connectivity index (χ3n) is 6.51. The van der Waals surface area contributed by atoms with Crippen LogP contribution < -0.4 is 19.1 Å². The van der Waals surface area contributed by atoms with Crippen LogP contribution in [-0.4, -0.2) is 82.8 Å². The molecule has 1 atom stereocenters. The van der Waals surface area contributed by atoms with Crippen molar-refractivity contribution in [3.05, 3.63) is 18.2 Å². The number of aliphatic hydroxyl groups excluding tert-OH is 1. The Balaban J connectivity index is 1.22. The van der Waals surface area contributed by atoms with E-state index in [0.717, 1.165) is 69.8 Å². The topological polar surface area (TPSA) is 91.3 Å². The summed E-state index contributed by atoms with van der Waals surface area (Å²) in [6, 6.07) is 5.86. The Kier molecular flexibility index (Phi) is 7.58. The zero-order valence-electron chi connectivity index (χ0n) is 18.2. The fourth-order valence-corrected chi connectivity index (χ4v) is 6.24. The first kappa shape index (κ1) is 22.6. The number of nitrogens with zero attached hydrogens (tertiary/aromatic N) is 2. The molecule has 1 aromatic carbocycles. The highest BCUT2D eigenvalue weighted by Gasteiger charge is 2.27. The standard InChI is InChI=1S/C22H35N3O5S/c26-15-19-16-29-22-20(7-4-8-21(22)30-19)25-13-11-24(12-14-25)10-9-23-31(27,28)17-18-5-2-1-3-6-18/h4,7-8,18-19,23,26H,1-3,5-6,9-17H2/t19-/m0/s1. The van der Waals surface area contributed by atoms with Crippen molar-refractivity contribution >= 4 is 15.7 Å². The summed E-state index contributed by atoms with van der Waals surface area (Å²) in [4.78, 5) is 4.58. The Morgan fingerprint density at radius 2 is 1.87 bits per heavy atom. The lowest BCUT2D eigenvalue weighted by Crippen LogP contribution is -2.49. The maximum atomic E-state index is 12.4.